The SMILES string of the molecule is COc1ccc(-c2csc(C3(C(N)=O)OC34CCCC4)n2)cc1. The van der Waals surface area contributed by atoms with Crippen LogP contribution in [0.3, 0.4) is 0 Å². The predicted molar refractivity (Wildman–Crippen MR) is 87.3 cm³/mol. The molecule has 2 aliphatic rings. The quantitative estimate of drug-likeness (QED) is 0.875. The maximum absolute atomic E-state index is 12.1. The second-order valence-electron chi connectivity index (χ2n) is 6.12. The molecular formula is C17H18N2O3S. The van der Waals surface area contributed by atoms with Gasteiger partial charge in [-0.2, -0.15) is 0 Å². The Labute approximate surface area is 138 Å². The number of hydrogen-bond acceptors (Lipinski definition) is 5. The second-order valence-corrected chi connectivity index (χ2v) is 6.97. The summed E-state index contributed by atoms with van der Waals surface area (Å²) in [6.07, 6.45) is 3.91. The number of methoxy groups -OCH3 is 1. The third-order valence-electron chi connectivity index (χ3n) is 4.90. The number of rotatable bonds is 4. The lowest BCUT2D eigenvalue weighted by atomic mass is 9.91. The molecule has 2 N–H and O–H groups in total. The van der Waals surface area contributed by atoms with E-state index in [0.717, 1.165) is 42.7 Å². The number of carbonyl (C=O) groups excluding carboxylic acids is 1. The van der Waals surface area contributed by atoms with Gasteiger partial charge in [0.25, 0.3) is 5.91 Å². The van der Waals surface area contributed by atoms with Crippen LogP contribution in [0.25, 0.3) is 11.3 Å². The van der Waals surface area contributed by atoms with Crippen molar-refractivity contribution in [2.45, 2.75) is 36.9 Å². The first-order valence-electron chi connectivity index (χ1n) is 7.72. The summed E-state index contributed by atoms with van der Waals surface area (Å²) in [4.78, 5) is 16.8. The number of primary amides is 1. The Bertz CT molecular complexity index is 749. The van der Waals surface area contributed by atoms with Gasteiger partial charge in [0.05, 0.1) is 12.8 Å². The average molecular weight is 330 g/mol. The molecule has 120 valence electrons. The van der Waals surface area contributed by atoms with Crippen LogP contribution in [-0.4, -0.2) is 23.6 Å². The van der Waals surface area contributed by atoms with E-state index in [-0.39, 0.29) is 0 Å². The van der Waals surface area contributed by atoms with E-state index in [1.807, 2.05) is 29.6 Å². The van der Waals surface area contributed by atoms with Crippen molar-refractivity contribution in [3.8, 4) is 17.0 Å². The predicted octanol–water partition coefficient (Wildman–Crippen LogP) is 2.84. The van der Waals surface area contributed by atoms with Crippen LogP contribution >= 0.6 is 11.3 Å². The highest BCUT2D eigenvalue weighted by atomic mass is 32.1. The molecule has 1 aliphatic heterocycles. The number of epoxide rings is 1. The van der Waals surface area contributed by atoms with Gasteiger partial charge >= 0.3 is 0 Å². The van der Waals surface area contributed by atoms with Crippen LogP contribution in [0, 0.1) is 0 Å². The van der Waals surface area contributed by atoms with Crippen LogP contribution < -0.4 is 10.5 Å². The minimum absolute atomic E-state index is 0.409. The molecule has 2 aromatic rings. The molecule has 1 saturated heterocycles. The zero-order chi connectivity index (χ0) is 16.1. The van der Waals surface area contributed by atoms with E-state index in [1.165, 1.54) is 11.3 Å². The molecule has 2 heterocycles. The fourth-order valence-electron chi connectivity index (χ4n) is 3.62. The molecule has 6 heteroatoms. The number of amides is 1. The van der Waals surface area contributed by atoms with Gasteiger partial charge in [-0.15, -0.1) is 11.3 Å². The maximum Gasteiger partial charge on any atom is 0.259 e. The maximum atomic E-state index is 12.1. The molecule has 1 unspecified atom stereocenters. The van der Waals surface area contributed by atoms with Gasteiger partial charge in [0.15, 0.2) is 0 Å². The largest absolute Gasteiger partial charge is 0.497 e. The number of nitrogens with two attached hydrogens (primary N) is 1. The van der Waals surface area contributed by atoms with Crippen LogP contribution in [-0.2, 0) is 15.1 Å². The second kappa shape index (κ2) is 5.04. The Morgan fingerprint density at radius 2 is 2.00 bits per heavy atom. The summed E-state index contributed by atoms with van der Waals surface area (Å²) in [6.45, 7) is 0. The van der Waals surface area contributed by atoms with Gasteiger partial charge < -0.3 is 15.2 Å². The zero-order valence-corrected chi connectivity index (χ0v) is 13.7. The summed E-state index contributed by atoms with van der Waals surface area (Å²) in [5, 5.41) is 2.63. The van der Waals surface area contributed by atoms with E-state index >= 15 is 0 Å². The van der Waals surface area contributed by atoms with Crippen LogP contribution in [0.2, 0.25) is 0 Å². The van der Waals surface area contributed by atoms with Crippen LogP contribution in [0.5, 0.6) is 5.75 Å². The molecular weight excluding hydrogens is 312 g/mol. The van der Waals surface area contributed by atoms with Gasteiger partial charge in [-0.05, 0) is 37.1 Å². The van der Waals surface area contributed by atoms with Gasteiger partial charge in [-0.1, -0.05) is 12.8 Å². The molecule has 1 aromatic carbocycles. The summed E-state index contributed by atoms with van der Waals surface area (Å²) in [5.41, 5.74) is 6.08. The molecule has 1 aliphatic carbocycles. The van der Waals surface area contributed by atoms with Gasteiger partial charge in [-0.25, -0.2) is 4.98 Å². The third-order valence-corrected chi connectivity index (χ3v) is 5.84. The summed E-state index contributed by atoms with van der Waals surface area (Å²) >= 11 is 1.44. The fourth-order valence-corrected chi connectivity index (χ4v) is 4.67. The van der Waals surface area contributed by atoms with Gasteiger partial charge in [0, 0.05) is 10.9 Å². The molecule has 1 atom stereocenters. The normalized spacial score (nSPS) is 24.7. The first-order chi connectivity index (χ1) is 11.1. The van der Waals surface area contributed by atoms with E-state index in [9.17, 15) is 4.79 Å². The Kier molecular flexibility index (Phi) is 3.21. The van der Waals surface area contributed by atoms with Crippen molar-refractivity contribution in [2.24, 2.45) is 5.73 Å². The monoisotopic (exact) mass is 330 g/mol. The molecule has 0 bridgehead atoms. The van der Waals surface area contributed by atoms with Crippen molar-refractivity contribution in [3.63, 3.8) is 0 Å². The van der Waals surface area contributed by atoms with Crippen molar-refractivity contribution in [1.82, 2.24) is 4.98 Å². The van der Waals surface area contributed by atoms with E-state index in [4.69, 9.17) is 15.2 Å². The zero-order valence-electron chi connectivity index (χ0n) is 12.9. The lowest BCUT2D eigenvalue weighted by molar-refractivity contribution is -0.123. The number of benzene rings is 1. The summed E-state index contributed by atoms with van der Waals surface area (Å²) in [5.74, 6) is 0.378. The van der Waals surface area contributed by atoms with Crippen LogP contribution in [0.15, 0.2) is 29.6 Å². The molecule has 4 rings (SSSR count). The van der Waals surface area contributed by atoms with Crippen molar-refractivity contribution >= 4 is 17.2 Å². The smallest absolute Gasteiger partial charge is 0.259 e. The van der Waals surface area contributed by atoms with Crippen molar-refractivity contribution in [1.29, 1.82) is 0 Å². The van der Waals surface area contributed by atoms with Crippen molar-refractivity contribution < 1.29 is 14.3 Å². The van der Waals surface area contributed by atoms with E-state index in [1.54, 1.807) is 7.11 Å². The number of carbonyl (C=O) groups is 1. The third kappa shape index (κ3) is 2.01. The van der Waals surface area contributed by atoms with E-state index in [2.05, 4.69) is 4.98 Å². The minimum Gasteiger partial charge on any atom is -0.497 e. The summed E-state index contributed by atoms with van der Waals surface area (Å²) < 4.78 is 11.1. The molecule has 2 fully saturated rings. The van der Waals surface area contributed by atoms with E-state index < -0.39 is 17.1 Å². The number of nitrogens with zero attached hydrogens (tertiary/aromatic N) is 1. The molecule has 1 saturated carbocycles. The molecule has 5 nitrogen and oxygen atoms in total. The Morgan fingerprint density at radius 3 is 2.61 bits per heavy atom. The molecule has 0 radical (unpaired) electrons. The summed E-state index contributed by atoms with van der Waals surface area (Å²) in [6, 6.07) is 7.69. The van der Waals surface area contributed by atoms with Gasteiger partial charge in [-0.3, -0.25) is 4.79 Å². The average Bonchev–Trinajstić information content (AvgIpc) is 2.91. The highest BCUT2D eigenvalue weighted by molar-refractivity contribution is 7.10. The van der Waals surface area contributed by atoms with Crippen molar-refractivity contribution in [2.75, 3.05) is 7.11 Å². The van der Waals surface area contributed by atoms with Crippen molar-refractivity contribution in [3.05, 3.63) is 34.7 Å². The summed E-state index contributed by atoms with van der Waals surface area (Å²) in [7, 11) is 1.64. The lowest BCUT2D eigenvalue weighted by Gasteiger charge is -2.09. The molecule has 23 heavy (non-hydrogen) atoms. The highest BCUT2D eigenvalue weighted by Crippen LogP contribution is 2.64. The number of thiazole rings is 1. The van der Waals surface area contributed by atoms with Crippen LogP contribution in [0.1, 0.15) is 30.7 Å². The molecule has 1 spiro atoms. The lowest BCUT2D eigenvalue weighted by Crippen LogP contribution is -2.36. The molecule has 1 amide bonds. The standard InChI is InChI=1S/C17H18N2O3S/c1-21-12-6-4-11(5-7-12)13-10-23-15(19-13)17(14(18)20)16(22-17)8-2-3-9-16/h4-7,10H,2-3,8-9H2,1H3,(H2,18,20). The number of hydrogen-bond donors (Lipinski definition) is 1. The van der Waals surface area contributed by atoms with Crippen LogP contribution in [0.4, 0.5) is 0 Å². The Morgan fingerprint density at radius 1 is 1.30 bits per heavy atom. The Hall–Kier alpha value is -1.92. The van der Waals surface area contributed by atoms with Gasteiger partial charge in [0.1, 0.15) is 16.4 Å². The minimum atomic E-state index is -1.01. The topological polar surface area (TPSA) is 77.7 Å². The van der Waals surface area contributed by atoms with Gasteiger partial charge in [0.2, 0.25) is 5.60 Å². The number of aromatic nitrogens is 1. The first-order valence-corrected chi connectivity index (χ1v) is 8.60. The highest BCUT2D eigenvalue weighted by Gasteiger charge is 2.76. The Balaban J connectivity index is 1.68. The van der Waals surface area contributed by atoms with E-state index in [0.29, 0.717) is 5.01 Å². The first kappa shape index (κ1) is 14.7. The molecule has 1 aromatic heterocycles. The number of ether oxygens (including phenoxy) is 2. The fraction of sp³-hybridized carbons (Fsp3) is 0.412.